The molecule has 0 aromatic heterocycles. The van der Waals surface area contributed by atoms with Gasteiger partial charge in [0, 0.05) is 18.6 Å². The largest absolute Gasteiger partial charge is 0.329 e. The summed E-state index contributed by atoms with van der Waals surface area (Å²) in [5.74, 6) is 0.837. The van der Waals surface area contributed by atoms with E-state index in [1.54, 1.807) is 0 Å². The lowest BCUT2D eigenvalue weighted by Gasteiger charge is -2.41. The minimum Gasteiger partial charge on any atom is -0.329 e. The molecule has 2 N–H and O–H groups in total. The second-order valence-electron chi connectivity index (χ2n) is 5.43. The predicted octanol–water partition coefficient (Wildman–Crippen LogP) is 3.65. The summed E-state index contributed by atoms with van der Waals surface area (Å²) in [5, 5.41) is 0. The van der Waals surface area contributed by atoms with E-state index in [4.69, 9.17) is 5.73 Å². The zero-order valence-electron chi connectivity index (χ0n) is 12.8. The molecule has 0 aromatic carbocycles. The fourth-order valence-electron chi connectivity index (χ4n) is 2.73. The number of unbranched alkanes of at least 4 members (excludes halogenated alkanes) is 1. The van der Waals surface area contributed by atoms with Crippen molar-refractivity contribution in [1.82, 2.24) is 4.90 Å². The Morgan fingerprint density at radius 1 is 1.12 bits per heavy atom. The average Bonchev–Trinajstić information content (AvgIpc) is 2.37. The third-order valence-corrected chi connectivity index (χ3v) is 4.58. The average molecular weight is 242 g/mol. The second-order valence-corrected chi connectivity index (χ2v) is 5.43. The number of hydrogen-bond acceptors (Lipinski definition) is 2. The molecule has 2 nitrogen and oxygen atoms in total. The maximum absolute atomic E-state index is 6.01. The minimum atomic E-state index is 0.222. The van der Waals surface area contributed by atoms with E-state index >= 15 is 0 Å². The van der Waals surface area contributed by atoms with Crippen LogP contribution >= 0.6 is 0 Å². The summed E-state index contributed by atoms with van der Waals surface area (Å²) in [6.45, 7) is 11.1. The molecule has 0 amide bonds. The third kappa shape index (κ3) is 4.97. The zero-order valence-corrected chi connectivity index (χ0v) is 12.8. The highest BCUT2D eigenvalue weighted by molar-refractivity contribution is 4.88. The number of nitrogens with two attached hydrogens (primary N) is 1. The van der Waals surface area contributed by atoms with Crippen LogP contribution in [0.2, 0.25) is 0 Å². The van der Waals surface area contributed by atoms with Gasteiger partial charge in [-0.25, -0.2) is 0 Å². The number of nitrogens with zero attached hydrogens (tertiary/aromatic N) is 1. The van der Waals surface area contributed by atoms with Crippen molar-refractivity contribution in [2.45, 2.75) is 71.8 Å². The Kier molecular flexibility index (Phi) is 8.89. The van der Waals surface area contributed by atoms with Crippen molar-refractivity contribution in [2.24, 2.45) is 11.7 Å². The lowest BCUT2D eigenvalue weighted by Crippen LogP contribution is -2.52. The molecule has 0 bridgehead atoms. The molecule has 0 rings (SSSR count). The molecular weight excluding hydrogens is 208 g/mol. The van der Waals surface area contributed by atoms with Gasteiger partial charge in [-0.05, 0) is 32.2 Å². The van der Waals surface area contributed by atoms with E-state index in [-0.39, 0.29) is 5.54 Å². The Bertz CT molecular complexity index is 167. The van der Waals surface area contributed by atoms with Gasteiger partial charge in [-0.3, -0.25) is 4.90 Å². The quantitative estimate of drug-likeness (QED) is 0.633. The molecule has 0 aliphatic rings. The van der Waals surface area contributed by atoms with Gasteiger partial charge in [0.25, 0.3) is 0 Å². The van der Waals surface area contributed by atoms with E-state index in [1.165, 1.54) is 32.2 Å². The summed E-state index contributed by atoms with van der Waals surface area (Å²) in [7, 11) is 2.26. The highest BCUT2D eigenvalue weighted by Gasteiger charge is 2.30. The lowest BCUT2D eigenvalue weighted by molar-refractivity contribution is 0.0928. The van der Waals surface area contributed by atoms with Crippen LogP contribution in [0.4, 0.5) is 0 Å². The smallest absolute Gasteiger partial charge is 0.0323 e. The van der Waals surface area contributed by atoms with Crippen molar-refractivity contribution >= 4 is 0 Å². The molecule has 1 unspecified atom stereocenters. The second kappa shape index (κ2) is 8.93. The van der Waals surface area contributed by atoms with Gasteiger partial charge >= 0.3 is 0 Å². The van der Waals surface area contributed by atoms with Crippen LogP contribution in [0.1, 0.15) is 66.2 Å². The molecule has 2 heteroatoms. The monoisotopic (exact) mass is 242 g/mol. The van der Waals surface area contributed by atoms with Crippen LogP contribution < -0.4 is 5.73 Å². The van der Waals surface area contributed by atoms with E-state index in [0.717, 1.165) is 25.3 Å². The Labute approximate surface area is 109 Å². The lowest BCUT2D eigenvalue weighted by atomic mass is 9.89. The van der Waals surface area contributed by atoms with Gasteiger partial charge in [-0.2, -0.15) is 0 Å². The summed E-state index contributed by atoms with van der Waals surface area (Å²) in [4.78, 5) is 2.52. The first-order valence-corrected chi connectivity index (χ1v) is 7.51. The summed E-state index contributed by atoms with van der Waals surface area (Å²) in [5.41, 5.74) is 6.23. The molecule has 0 aromatic rings. The molecular formula is C15H34N2. The maximum atomic E-state index is 6.01. The number of hydrogen-bond donors (Lipinski definition) is 1. The standard InChI is InChI=1S/C15H34N2/c1-6-10-11-14(7-2)12-17(5)15(8-3,9-4)13-16/h14H,6-13,16H2,1-5H3. The fourth-order valence-corrected chi connectivity index (χ4v) is 2.73. The summed E-state index contributed by atoms with van der Waals surface area (Å²) >= 11 is 0. The normalized spacial score (nSPS) is 14.3. The van der Waals surface area contributed by atoms with Gasteiger partial charge in [0.15, 0.2) is 0 Å². The first kappa shape index (κ1) is 16.9. The molecule has 17 heavy (non-hydrogen) atoms. The molecule has 0 aliphatic carbocycles. The van der Waals surface area contributed by atoms with Crippen molar-refractivity contribution in [3.8, 4) is 0 Å². The first-order valence-electron chi connectivity index (χ1n) is 7.51. The van der Waals surface area contributed by atoms with E-state index < -0.39 is 0 Å². The molecule has 0 saturated heterocycles. The van der Waals surface area contributed by atoms with Gasteiger partial charge in [-0.15, -0.1) is 0 Å². The van der Waals surface area contributed by atoms with Gasteiger partial charge in [0.2, 0.25) is 0 Å². The van der Waals surface area contributed by atoms with Crippen molar-refractivity contribution < 1.29 is 0 Å². The minimum absolute atomic E-state index is 0.222. The van der Waals surface area contributed by atoms with Crippen molar-refractivity contribution in [3.63, 3.8) is 0 Å². The first-order chi connectivity index (χ1) is 8.10. The number of likely N-dealkylation sites (N-methyl/N-ethyl adjacent to an activating group) is 1. The molecule has 104 valence electrons. The Balaban J connectivity index is 4.40. The van der Waals surface area contributed by atoms with Crippen LogP contribution in [0.5, 0.6) is 0 Å². The summed E-state index contributed by atoms with van der Waals surface area (Å²) < 4.78 is 0. The van der Waals surface area contributed by atoms with E-state index in [1.807, 2.05) is 0 Å². The topological polar surface area (TPSA) is 29.3 Å². The van der Waals surface area contributed by atoms with Crippen LogP contribution in [-0.2, 0) is 0 Å². The van der Waals surface area contributed by atoms with Gasteiger partial charge in [0.1, 0.15) is 0 Å². The van der Waals surface area contributed by atoms with E-state index in [9.17, 15) is 0 Å². The molecule has 0 fully saturated rings. The van der Waals surface area contributed by atoms with Gasteiger partial charge < -0.3 is 5.73 Å². The Morgan fingerprint density at radius 3 is 2.06 bits per heavy atom. The maximum Gasteiger partial charge on any atom is 0.0323 e. The predicted molar refractivity (Wildman–Crippen MR) is 78.3 cm³/mol. The van der Waals surface area contributed by atoms with Crippen LogP contribution in [0.25, 0.3) is 0 Å². The summed E-state index contributed by atoms with van der Waals surface area (Å²) in [6, 6.07) is 0. The van der Waals surface area contributed by atoms with Crippen LogP contribution in [0, 0.1) is 5.92 Å². The number of rotatable bonds is 10. The highest BCUT2D eigenvalue weighted by Crippen LogP contribution is 2.24. The Morgan fingerprint density at radius 2 is 1.71 bits per heavy atom. The van der Waals surface area contributed by atoms with E-state index in [2.05, 4.69) is 39.6 Å². The molecule has 1 atom stereocenters. The highest BCUT2D eigenvalue weighted by atomic mass is 15.2. The van der Waals surface area contributed by atoms with Crippen LogP contribution in [0.3, 0.4) is 0 Å². The summed E-state index contributed by atoms with van der Waals surface area (Å²) in [6.07, 6.45) is 7.63. The van der Waals surface area contributed by atoms with Crippen molar-refractivity contribution in [1.29, 1.82) is 0 Å². The Hall–Kier alpha value is -0.0800. The van der Waals surface area contributed by atoms with Crippen molar-refractivity contribution in [3.05, 3.63) is 0 Å². The molecule has 0 spiro atoms. The van der Waals surface area contributed by atoms with Gasteiger partial charge in [0.05, 0.1) is 0 Å². The van der Waals surface area contributed by atoms with E-state index in [0.29, 0.717) is 0 Å². The van der Waals surface area contributed by atoms with Crippen LogP contribution in [0.15, 0.2) is 0 Å². The molecule has 0 saturated carbocycles. The molecule has 0 aliphatic heterocycles. The SMILES string of the molecule is CCCCC(CC)CN(C)C(CC)(CC)CN. The zero-order chi connectivity index (χ0) is 13.3. The van der Waals surface area contributed by atoms with Crippen molar-refractivity contribution in [2.75, 3.05) is 20.1 Å². The molecule has 0 radical (unpaired) electrons. The third-order valence-electron chi connectivity index (χ3n) is 4.58. The fraction of sp³-hybridized carbons (Fsp3) is 1.00. The molecule has 0 heterocycles. The van der Waals surface area contributed by atoms with Gasteiger partial charge in [-0.1, -0.05) is 47.0 Å². The van der Waals surface area contributed by atoms with Crippen LogP contribution in [-0.4, -0.2) is 30.6 Å².